The number of rotatable bonds is 4. The summed E-state index contributed by atoms with van der Waals surface area (Å²) in [6, 6.07) is 6.07. The third kappa shape index (κ3) is 2.60. The molecule has 1 fully saturated rings. The lowest BCUT2D eigenvalue weighted by atomic mass is 9.74. The molecule has 0 bridgehead atoms. The number of benzene rings is 1. The van der Waals surface area contributed by atoms with Gasteiger partial charge in [0, 0.05) is 17.7 Å². The van der Waals surface area contributed by atoms with Gasteiger partial charge in [-0.05, 0) is 61.3 Å². The van der Waals surface area contributed by atoms with Crippen LogP contribution in [0.4, 0.5) is 0 Å². The second-order valence-electron chi connectivity index (χ2n) is 7.68. The number of aliphatic hydroxyl groups is 1. The van der Waals surface area contributed by atoms with Crippen molar-refractivity contribution in [2.75, 3.05) is 6.61 Å². The normalized spacial score (nSPS) is 24.3. The van der Waals surface area contributed by atoms with Gasteiger partial charge in [-0.2, -0.15) is 5.10 Å². The number of H-pyrrole nitrogens is 1. The number of fused-ring (bicyclic) bond motifs is 2. The molecule has 3 aliphatic rings. The van der Waals surface area contributed by atoms with Gasteiger partial charge >= 0.3 is 0 Å². The highest BCUT2D eigenvalue weighted by Crippen LogP contribution is 2.40. The van der Waals surface area contributed by atoms with Crippen LogP contribution in [0.2, 0.25) is 0 Å². The molecule has 0 saturated heterocycles. The Hall–Kier alpha value is -2.34. The van der Waals surface area contributed by atoms with Crippen molar-refractivity contribution in [3.8, 4) is 5.75 Å². The third-order valence-electron chi connectivity index (χ3n) is 6.00. The van der Waals surface area contributed by atoms with Gasteiger partial charge in [0.1, 0.15) is 5.75 Å². The molecule has 136 valence electrons. The van der Waals surface area contributed by atoms with Gasteiger partial charge in [0.15, 0.2) is 5.69 Å². The van der Waals surface area contributed by atoms with Crippen LogP contribution < -0.4 is 10.1 Å². The number of carbonyl (C=O) groups excluding carboxylic acids is 1. The van der Waals surface area contributed by atoms with E-state index in [-0.39, 0.29) is 24.0 Å². The van der Waals surface area contributed by atoms with Crippen LogP contribution in [-0.2, 0) is 19.3 Å². The lowest BCUT2D eigenvalue weighted by Crippen LogP contribution is -2.41. The first-order chi connectivity index (χ1) is 12.7. The Morgan fingerprint density at radius 2 is 2.19 bits per heavy atom. The number of carbonyl (C=O) groups is 1. The summed E-state index contributed by atoms with van der Waals surface area (Å²) in [4.78, 5) is 12.9. The first kappa shape index (κ1) is 15.9. The van der Waals surface area contributed by atoms with Gasteiger partial charge in [0.2, 0.25) is 0 Å². The molecule has 5 rings (SSSR count). The molecule has 1 atom stereocenters. The Kier molecular flexibility index (Phi) is 3.74. The van der Waals surface area contributed by atoms with Crippen molar-refractivity contribution in [2.45, 2.75) is 50.7 Å². The number of ether oxygens (including phenoxy) is 1. The van der Waals surface area contributed by atoms with Gasteiger partial charge in [0.25, 0.3) is 5.91 Å². The molecule has 2 aromatic rings. The molecule has 2 heterocycles. The van der Waals surface area contributed by atoms with Crippen molar-refractivity contribution >= 4 is 5.91 Å². The summed E-state index contributed by atoms with van der Waals surface area (Å²) >= 11 is 0. The number of nitrogens with one attached hydrogen (secondary N) is 2. The summed E-state index contributed by atoms with van der Waals surface area (Å²) in [7, 11) is 0. The minimum Gasteiger partial charge on any atom is -0.493 e. The van der Waals surface area contributed by atoms with Crippen LogP contribution in [0, 0.1) is 5.92 Å². The molecule has 0 radical (unpaired) electrons. The average molecular weight is 353 g/mol. The fraction of sp³-hybridized carbons (Fsp3) is 0.500. The van der Waals surface area contributed by atoms with Crippen LogP contribution in [0.5, 0.6) is 5.75 Å². The fourth-order valence-corrected chi connectivity index (χ4v) is 4.49. The van der Waals surface area contributed by atoms with Crippen molar-refractivity contribution in [3.63, 3.8) is 0 Å². The first-order valence-corrected chi connectivity index (χ1v) is 9.49. The van der Waals surface area contributed by atoms with E-state index in [0.29, 0.717) is 5.69 Å². The molecule has 6 heteroatoms. The predicted octanol–water partition coefficient (Wildman–Crippen LogP) is 2.08. The van der Waals surface area contributed by atoms with Crippen LogP contribution >= 0.6 is 0 Å². The van der Waals surface area contributed by atoms with Crippen LogP contribution in [0.25, 0.3) is 0 Å². The zero-order chi connectivity index (χ0) is 17.7. The molecule has 1 aromatic heterocycles. The van der Waals surface area contributed by atoms with E-state index < -0.39 is 0 Å². The second-order valence-corrected chi connectivity index (χ2v) is 7.68. The maximum atomic E-state index is 12.9. The molecule has 1 aliphatic heterocycles. The van der Waals surface area contributed by atoms with Crippen LogP contribution in [0.3, 0.4) is 0 Å². The van der Waals surface area contributed by atoms with E-state index in [4.69, 9.17) is 4.74 Å². The maximum Gasteiger partial charge on any atom is 0.272 e. The standard InChI is InChI=1S/C20H23N3O3/c24-14-9-13(10-14)18(12-4-5-17-11(8-12)6-7-26-17)21-20(25)19-15-2-1-3-16(15)22-23-19/h4-5,8,13-14,18,24H,1-3,6-7,9-10H2,(H,21,25)(H,22,23). The topological polar surface area (TPSA) is 87.2 Å². The van der Waals surface area contributed by atoms with E-state index >= 15 is 0 Å². The van der Waals surface area contributed by atoms with Gasteiger partial charge in [-0.1, -0.05) is 6.07 Å². The summed E-state index contributed by atoms with van der Waals surface area (Å²) in [6.07, 6.45) is 5.05. The summed E-state index contributed by atoms with van der Waals surface area (Å²) in [5, 5.41) is 20.2. The summed E-state index contributed by atoms with van der Waals surface area (Å²) in [6.45, 7) is 0.720. The van der Waals surface area contributed by atoms with E-state index in [9.17, 15) is 9.90 Å². The number of aryl methyl sites for hydroxylation is 1. The zero-order valence-corrected chi connectivity index (χ0v) is 14.6. The molecule has 26 heavy (non-hydrogen) atoms. The Bertz CT molecular complexity index is 854. The molecule has 0 spiro atoms. The van der Waals surface area contributed by atoms with E-state index in [0.717, 1.165) is 67.7 Å². The number of nitrogens with zero attached hydrogens (tertiary/aromatic N) is 1. The fourth-order valence-electron chi connectivity index (χ4n) is 4.49. The monoisotopic (exact) mass is 353 g/mol. The van der Waals surface area contributed by atoms with Crippen molar-refractivity contribution in [1.82, 2.24) is 15.5 Å². The number of aromatic nitrogens is 2. The molecule has 1 aromatic carbocycles. The Morgan fingerprint density at radius 3 is 3.04 bits per heavy atom. The third-order valence-corrected chi connectivity index (χ3v) is 6.00. The summed E-state index contributed by atoms with van der Waals surface area (Å²) < 4.78 is 5.60. The van der Waals surface area contributed by atoms with Gasteiger partial charge in [-0.25, -0.2) is 0 Å². The summed E-state index contributed by atoms with van der Waals surface area (Å²) in [5.41, 5.74) is 4.98. The van der Waals surface area contributed by atoms with Gasteiger partial charge < -0.3 is 15.2 Å². The maximum absolute atomic E-state index is 12.9. The quantitative estimate of drug-likeness (QED) is 0.785. The second kappa shape index (κ2) is 6.13. The Labute approximate surface area is 152 Å². The molecule has 1 amide bonds. The average Bonchev–Trinajstić information content (AvgIpc) is 3.31. The predicted molar refractivity (Wildman–Crippen MR) is 95.2 cm³/mol. The molecule has 6 nitrogen and oxygen atoms in total. The Morgan fingerprint density at radius 1 is 1.31 bits per heavy atom. The van der Waals surface area contributed by atoms with E-state index in [1.165, 1.54) is 5.56 Å². The van der Waals surface area contributed by atoms with Crippen molar-refractivity contribution in [2.24, 2.45) is 5.92 Å². The number of aromatic amines is 1. The highest BCUT2D eigenvalue weighted by Gasteiger charge is 2.37. The highest BCUT2D eigenvalue weighted by molar-refractivity contribution is 5.94. The van der Waals surface area contributed by atoms with Crippen LogP contribution in [-0.4, -0.2) is 33.9 Å². The SMILES string of the molecule is O=C(NC(c1ccc2c(c1)CCO2)C1CC(O)C1)c1n[nH]c2c1CCC2. The number of hydrogen-bond donors (Lipinski definition) is 3. The molecule has 2 aliphatic carbocycles. The molecular formula is C20H23N3O3. The summed E-state index contributed by atoms with van der Waals surface area (Å²) in [5.74, 6) is 1.08. The molecule has 3 N–H and O–H groups in total. The largest absolute Gasteiger partial charge is 0.493 e. The smallest absolute Gasteiger partial charge is 0.272 e. The van der Waals surface area contributed by atoms with E-state index in [2.05, 4.69) is 21.6 Å². The van der Waals surface area contributed by atoms with Crippen molar-refractivity contribution < 1.29 is 14.6 Å². The number of aliphatic hydroxyl groups excluding tert-OH is 1. The first-order valence-electron chi connectivity index (χ1n) is 9.49. The number of hydrogen-bond acceptors (Lipinski definition) is 4. The Balaban J connectivity index is 1.42. The van der Waals surface area contributed by atoms with E-state index in [1.54, 1.807) is 0 Å². The molecular weight excluding hydrogens is 330 g/mol. The lowest BCUT2D eigenvalue weighted by Gasteiger charge is -2.38. The van der Waals surface area contributed by atoms with E-state index in [1.807, 2.05) is 12.1 Å². The van der Waals surface area contributed by atoms with Crippen LogP contribution in [0.1, 0.15) is 58.2 Å². The number of amides is 1. The van der Waals surface area contributed by atoms with Gasteiger partial charge in [-0.15, -0.1) is 0 Å². The van der Waals surface area contributed by atoms with Crippen LogP contribution in [0.15, 0.2) is 18.2 Å². The lowest BCUT2D eigenvalue weighted by molar-refractivity contribution is 0.0234. The van der Waals surface area contributed by atoms with Gasteiger partial charge in [0.05, 0.1) is 18.8 Å². The van der Waals surface area contributed by atoms with Crippen molar-refractivity contribution in [3.05, 3.63) is 46.3 Å². The molecule has 1 unspecified atom stereocenters. The molecule has 1 saturated carbocycles. The minimum absolute atomic E-state index is 0.106. The zero-order valence-electron chi connectivity index (χ0n) is 14.6. The van der Waals surface area contributed by atoms with Gasteiger partial charge in [-0.3, -0.25) is 9.89 Å². The minimum atomic E-state index is -0.258. The highest BCUT2D eigenvalue weighted by atomic mass is 16.5. The van der Waals surface area contributed by atoms with Crippen molar-refractivity contribution in [1.29, 1.82) is 0 Å².